The zero-order chi connectivity index (χ0) is 19.7. The first-order valence-corrected chi connectivity index (χ1v) is 6.76. The van der Waals surface area contributed by atoms with E-state index >= 15 is 0 Å². The summed E-state index contributed by atoms with van der Waals surface area (Å²) in [6.07, 6.45) is -7.36. The van der Waals surface area contributed by atoms with E-state index in [2.05, 4.69) is 0 Å². The van der Waals surface area contributed by atoms with Crippen LogP contribution in [0, 0.1) is 22.7 Å². The largest absolute Gasteiger partial charge is 0.417 e. The lowest BCUT2D eigenvalue weighted by Crippen LogP contribution is -2.15. The molecule has 0 aliphatic heterocycles. The maximum absolute atomic E-state index is 13.2. The summed E-state index contributed by atoms with van der Waals surface area (Å²) in [5.74, 6) is -0.894. The molecule has 0 bridgehead atoms. The number of alkyl halides is 6. The molecule has 132 valence electrons. The van der Waals surface area contributed by atoms with Gasteiger partial charge in [0, 0.05) is 11.1 Å². The lowest BCUT2D eigenvalue weighted by molar-refractivity contribution is -0.143. The van der Waals surface area contributed by atoms with E-state index in [0.29, 0.717) is 12.1 Å². The van der Waals surface area contributed by atoms with Crippen molar-refractivity contribution in [2.75, 3.05) is 0 Å². The van der Waals surface area contributed by atoms with Crippen molar-refractivity contribution < 1.29 is 31.1 Å². The molecule has 0 unspecified atom stereocenters. The monoisotopic (exact) mass is 368 g/mol. The summed E-state index contributed by atoms with van der Waals surface area (Å²) in [6, 6.07) is 3.94. The number of hydrogen-bond donors (Lipinski definition) is 0. The third-order valence-corrected chi connectivity index (χ3v) is 3.43. The van der Waals surface area contributed by atoms with E-state index in [9.17, 15) is 31.1 Å². The SMILES string of the molecule is N#CC(C#N)=C1C=CC(=O)C(c2ccc(C(F)(F)F)cc2C(F)(F)F)=C1. The number of rotatable bonds is 1. The highest BCUT2D eigenvalue weighted by atomic mass is 19.4. The Kier molecular flexibility index (Phi) is 4.77. The number of nitriles is 2. The highest BCUT2D eigenvalue weighted by molar-refractivity contribution is 6.28. The molecule has 26 heavy (non-hydrogen) atoms. The van der Waals surface area contributed by atoms with Gasteiger partial charge in [-0.25, -0.2) is 0 Å². The van der Waals surface area contributed by atoms with Crippen molar-refractivity contribution in [2.24, 2.45) is 0 Å². The predicted molar refractivity (Wildman–Crippen MR) is 76.8 cm³/mol. The van der Waals surface area contributed by atoms with Crippen LogP contribution in [-0.2, 0) is 17.1 Å². The molecule has 2 rings (SSSR count). The second-order valence-corrected chi connectivity index (χ2v) is 5.07. The van der Waals surface area contributed by atoms with Crippen molar-refractivity contribution in [3.63, 3.8) is 0 Å². The van der Waals surface area contributed by atoms with E-state index in [1.165, 1.54) is 12.1 Å². The van der Waals surface area contributed by atoms with Crippen LogP contribution in [0.2, 0.25) is 0 Å². The Morgan fingerprint density at radius 3 is 2.04 bits per heavy atom. The highest BCUT2D eigenvalue weighted by Gasteiger charge is 2.39. The van der Waals surface area contributed by atoms with Crippen LogP contribution in [0.25, 0.3) is 5.57 Å². The molecule has 9 heteroatoms. The third kappa shape index (κ3) is 3.67. The predicted octanol–water partition coefficient (Wildman–Crippen LogP) is 4.59. The number of nitrogens with zero attached hydrogens (tertiary/aromatic N) is 2. The van der Waals surface area contributed by atoms with Gasteiger partial charge in [-0.3, -0.25) is 4.79 Å². The van der Waals surface area contributed by atoms with E-state index in [4.69, 9.17) is 10.5 Å². The molecule has 1 aromatic carbocycles. The molecule has 1 aliphatic rings. The second kappa shape index (κ2) is 6.52. The molecule has 0 N–H and O–H groups in total. The van der Waals surface area contributed by atoms with Crippen LogP contribution in [0.5, 0.6) is 0 Å². The average Bonchev–Trinajstić information content (AvgIpc) is 2.55. The molecule has 0 saturated heterocycles. The molecule has 0 aromatic heterocycles. The lowest BCUT2D eigenvalue weighted by Gasteiger charge is -2.18. The number of carbonyl (C=O) groups excluding carboxylic acids is 1. The smallest absolute Gasteiger partial charge is 0.289 e. The van der Waals surface area contributed by atoms with Gasteiger partial charge in [0.25, 0.3) is 0 Å². The summed E-state index contributed by atoms with van der Waals surface area (Å²) in [7, 11) is 0. The van der Waals surface area contributed by atoms with Crippen LogP contribution < -0.4 is 0 Å². The molecule has 3 nitrogen and oxygen atoms in total. The van der Waals surface area contributed by atoms with Gasteiger partial charge in [0.05, 0.1) is 11.1 Å². The van der Waals surface area contributed by atoms with Crippen LogP contribution in [-0.4, -0.2) is 5.78 Å². The van der Waals surface area contributed by atoms with E-state index in [1.54, 1.807) is 0 Å². The fourth-order valence-electron chi connectivity index (χ4n) is 2.24. The molecule has 1 aromatic rings. The van der Waals surface area contributed by atoms with Crippen molar-refractivity contribution in [1.82, 2.24) is 0 Å². The number of benzene rings is 1. The number of halogens is 6. The normalized spacial score (nSPS) is 14.5. The molecule has 0 heterocycles. The Morgan fingerprint density at radius 2 is 1.54 bits per heavy atom. The summed E-state index contributed by atoms with van der Waals surface area (Å²) < 4.78 is 77.9. The molecule has 0 spiro atoms. The van der Waals surface area contributed by atoms with Gasteiger partial charge in [0.1, 0.15) is 17.7 Å². The zero-order valence-corrected chi connectivity index (χ0v) is 12.5. The average molecular weight is 368 g/mol. The van der Waals surface area contributed by atoms with E-state index in [1.807, 2.05) is 0 Å². The summed E-state index contributed by atoms with van der Waals surface area (Å²) in [5, 5.41) is 17.7. The molecule has 1 aliphatic carbocycles. The van der Waals surface area contributed by atoms with Crippen LogP contribution in [0.3, 0.4) is 0 Å². The van der Waals surface area contributed by atoms with E-state index in [-0.39, 0.29) is 11.6 Å². The van der Waals surface area contributed by atoms with Crippen molar-refractivity contribution in [1.29, 1.82) is 10.5 Å². The Labute approximate surface area is 142 Å². The number of carbonyl (C=O) groups is 1. The fraction of sp³-hybridized carbons (Fsp3) is 0.118. The molecule has 0 fully saturated rings. The summed E-state index contributed by atoms with van der Waals surface area (Å²) in [4.78, 5) is 12.0. The first-order valence-electron chi connectivity index (χ1n) is 6.76. The minimum absolute atomic E-state index is 0.0827. The second-order valence-electron chi connectivity index (χ2n) is 5.07. The van der Waals surface area contributed by atoms with E-state index < -0.39 is 46.0 Å². The maximum Gasteiger partial charge on any atom is 0.417 e. The standard InChI is InChI=1S/C17H6F6N2O/c18-16(19,20)11-2-3-12(14(6-11)17(21,22)23)13-5-9(1-4-15(13)26)10(7-24)8-25/h1-6H. The minimum atomic E-state index is -5.16. The van der Waals surface area contributed by atoms with Crippen LogP contribution in [0.1, 0.15) is 16.7 Å². The molecule has 0 amide bonds. The zero-order valence-electron chi connectivity index (χ0n) is 12.5. The van der Waals surface area contributed by atoms with Gasteiger partial charge in [0.15, 0.2) is 5.78 Å². The Hall–Kier alpha value is -3.33. The number of allylic oxidation sites excluding steroid dienone is 6. The van der Waals surface area contributed by atoms with Gasteiger partial charge in [0.2, 0.25) is 0 Å². The van der Waals surface area contributed by atoms with Gasteiger partial charge in [-0.1, -0.05) is 6.07 Å². The topological polar surface area (TPSA) is 64.7 Å². The van der Waals surface area contributed by atoms with Gasteiger partial charge < -0.3 is 0 Å². The molecular weight excluding hydrogens is 362 g/mol. The van der Waals surface area contributed by atoms with Crippen LogP contribution in [0.4, 0.5) is 26.3 Å². The fourth-order valence-corrected chi connectivity index (χ4v) is 2.24. The Balaban J connectivity index is 2.75. The first kappa shape index (κ1) is 19.0. The van der Waals surface area contributed by atoms with Gasteiger partial charge in [-0.05, 0) is 35.9 Å². The summed E-state index contributed by atoms with van der Waals surface area (Å²) in [6.45, 7) is 0. The Morgan fingerprint density at radius 1 is 0.923 bits per heavy atom. The van der Waals surface area contributed by atoms with Crippen molar-refractivity contribution in [3.05, 3.63) is 64.3 Å². The molecule has 0 saturated carbocycles. The number of hydrogen-bond acceptors (Lipinski definition) is 3. The lowest BCUT2D eigenvalue weighted by atomic mass is 9.89. The van der Waals surface area contributed by atoms with E-state index in [0.717, 1.165) is 18.2 Å². The van der Waals surface area contributed by atoms with Crippen LogP contribution >= 0.6 is 0 Å². The van der Waals surface area contributed by atoms with Crippen LogP contribution in [0.15, 0.2) is 47.6 Å². The summed E-state index contributed by atoms with van der Waals surface area (Å²) >= 11 is 0. The molecule has 0 radical (unpaired) electrons. The quantitative estimate of drug-likeness (QED) is 0.538. The van der Waals surface area contributed by atoms with Gasteiger partial charge in [-0.2, -0.15) is 36.9 Å². The Bertz CT molecular complexity index is 933. The third-order valence-electron chi connectivity index (χ3n) is 3.43. The van der Waals surface area contributed by atoms with Crippen molar-refractivity contribution in [2.45, 2.75) is 12.4 Å². The molecule has 0 atom stereocenters. The first-order chi connectivity index (χ1) is 12.0. The van der Waals surface area contributed by atoms with Gasteiger partial charge >= 0.3 is 12.4 Å². The molecular formula is C17H6F6N2O. The number of ketones is 1. The highest BCUT2D eigenvalue weighted by Crippen LogP contribution is 2.40. The minimum Gasteiger partial charge on any atom is -0.289 e. The summed E-state index contributed by atoms with van der Waals surface area (Å²) in [5.41, 5.74) is -5.06. The van der Waals surface area contributed by atoms with Crippen molar-refractivity contribution >= 4 is 11.4 Å². The van der Waals surface area contributed by atoms with Crippen molar-refractivity contribution in [3.8, 4) is 12.1 Å². The maximum atomic E-state index is 13.2. The van der Waals surface area contributed by atoms with Gasteiger partial charge in [-0.15, -0.1) is 0 Å².